The van der Waals surface area contributed by atoms with Crippen LogP contribution in [0, 0.1) is 0 Å². The van der Waals surface area contributed by atoms with Crippen LogP contribution in [0.2, 0.25) is 0 Å². The van der Waals surface area contributed by atoms with Gasteiger partial charge in [0.2, 0.25) is 5.91 Å². The van der Waals surface area contributed by atoms with E-state index in [2.05, 4.69) is 10.6 Å². The maximum absolute atomic E-state index is 12.2. The molecule has 0 aliphatic carbocycles. The number of carboxylic acid groups (broad SMARTS) is 1. The third-order valence-electron chi connectivity index (χ3n) is 3.06. The second-order valence-corrected chi connectivity index (χ2v) is 5.55. The molecule has 0 saturated carbocycles. The summed E-state index contributed by atoms with van der Waals surface area (Å²) in [6, 6.07) is -0.557. The Balaban J connectivity index is 4.78. The standard InChI is InChI=1S/C14H27N3O4/c1-6-8-14(5,12(19)20)16-13(21)17(7-2)9-11(18)15-10(3)4/h10H,6-9H2,1-5H3,(H,15,18)(H,16,21)(H,19,20). The predicted molar refractivity (Wildman–Crippen MR) is 80.0 cm³/mol. The van der Waals surface area contributed by atoms with Gasteiger partial charge < -0.3 is 20.6 Å². The quantitative estimate of drug-likeness (QED) is 0.627. The molecule has 0 aliphatic rings. The Bertz CT molecular complexity index is 384. The highest BCUT2D eigenvalue weighted by atomic mass is 16.4. The molecule has 7 heteroatoms. The molecule has 122 valence electrons. The molecule has 0 spiro atoms. The second kappa shape index (κ2) is 8.49. The fourth-order valence-electron chi connectivity index (χ4n) is 1.91. The number of likely N-dealkylation sites (N-methyl/N-ethyl adjacent to an activating group) is 1. The minimum atomic E-state index is -1.33. The summed E-state index contributed by atoms with van der Waals surface area (Å²) in [5.41, 5.74) is -1.33. The maximum Gasteiger partial charge on any atom is 0.329 e. The van der Waals surface area contributed by atoms with Gasteiger partial charge in [-0.2, -0.15) is 0 Å². The summed E-state index contributed by atoms with van der Waals surface area (Å²) in [5.74, 6) is -1.35. The molecule has 0 saturated heterocycles. The molecule has 21 heavy (non-hydrogen) atoms. The Labute approximate surface area is 126 Å². The number of nitrogens with one attached hydrogen (secondary N) is 2. The largest absolute Gasteiger partial charge is 0.480 e. The summed E-state index contributed by atoms with van der Waals surface area (Å²) < 4.78 is 0. The predicted octanol–water partition coefficient (Wildman–Crippen LogP) is 1.19. The molecular formula is C14H27N3O4. The zero-order valence-corrected chi connectivity index (χ0v) is 13.5. The van der Waals surface area contributed by atoms with Crippen molar-refractivity contribution in [3.8, 4) is 0 Å². The lowest BCUT2D eigenvalue weighted by Crippen LogP contribution is -2.57. The van der Waals surface area contributed by atoms with E-state index in [0.29, 0.717) is 19.4 Å². The smallest absolute Gasteiger partial charge is 0.329 e. The average molecular weight is 301 g/mol. The molecule has 0 bridgehead atoms. The number of hydrogen-bond acceptors (Lipinski definition) is 3. The van der Waals surface area contributed by atoms with Crippen LogP contribution >= 0.6 is 0 Å². The molecule has 0 aromatic rings. The Morgan fingerprint density at radius 1 is 1.24 bits per heavy atom. The zero-order valence-electron chi connectivity index (χ0n) is 13.5. The minimum Gasteiger partial charge on any atom is -0.480 e. The van der Waals surface area contributed by atoms with Gasteiger partial charge in [-0.25, -0.2) is 9.59 Å². The lowest BCUT2D eigenvalue weighted by molar-refractivity contribution is -0.144. The first kappa shape index (κ1) is 19.2. The van der Waals surface area contributed by atoms with E-state index in [0.717, 1.165) is 0 Å². The number of nitrogens with zero attached hydrogens (tertiary/aromatic N) is 1. The van der Waals surface area contributed by atoms with Gasteiger partial charge in [-0.3, -0.25) is 4.79 Å². The Kier molecular flexibility index (Phi) is 7.76. The molecule has 0 radical (unpaired) electrons. The van der Waals surface area contributed by atoms with Crippen LogP contribution in [0.1, 0.15) is 47.5 Å². The number of aliphatic carboxylic acids is 1. The monoisotopic (exact) mass is 301 g/mol. The number of carboxylic acids is 1. The Morgan fingerprint density at radius 3 is 2.19 bits per heavy atom. The fraction of sp³-hybridized carbons (Fsp3) is 0.786. The number of rotatable bonds is 8. The molecule has 0 aromatic heterocycles. The van der Waals surface area contributed by atoms with E-state index in [4.69, 9.17) is 0 Å². The van der Waals surface area contributed by atoms with E-state index in [1.54, 1.807) is 6.92 Å². The average Bonchev–Trinajstić information content (AvgIpc) is 2.34. The van der Waals surface area contributed by atoms with Crippen LogP contribution in [0.5, 0.6) is 0 Å². The summed E-state index contributed by atoms with van der Waals surface area (Å²) in [5, 5.41) is 14.5. The third kappa shape index (κ3) is 6.46. The molecule has 0 rings (SSSR count). The first-order chi connectivity index (χ1) is 9.66. The van der Waals surface area contributed by atoms with Gasteiger partial charge in [0, 0.05) is 12.6 Å². The van der Waals surface area contributed by atoms with Crippen molar-refractivity contribution in [2.75, 3.05) is 13.1 Å². The van der Waals surface area contributed by atoms with E-state index in [9.17, 15) is 19.5 Å². The molecular weight excluding hydrogens is 274 g/mol. The first-order valence-corrected chi connectivity index (χ1v) is 7.26. The summed E-state index contributed by atoms with van der Waals surface area (Å²) in [7, 11) is 0. The number of urea groups is 1. The van der Waals surface area contributed by atoms with Crippen molar-refractivity contribution in [1.82, 2.24) is 15.5 Å². The van der Waals surface area contributed by atoms with Gasteiger partial charge in [0.05, 0.1) is 0 Å². The van der Waals surface area contributed by atoms with E-state index in [-0.39, 0.29) is 18.5 Å². The maximum atomic E-state index is 12.2. The van der Waals surface area contributed by atoms with Gasteiger partial charge in [-0.05, 0) is 34.1 Å². The van der Waals surface area contributed by atoms with Crippen LogP contribution in [0.4, 0.5) is 4.79 Å². The second-order valence-electron chi connectivity index (χ2n) is 5.55. The summed E-state index contributed by atoms with van der Waals surface area (Å²) in [4.78, 5) is 36.5. The third-order valence-corrected chi connectivity index (χ3v) is 3.06. The molecule has 0 aliphatic heterocycles. The lowest BCUT2D eigenvalue weighted by Gasteiger charge is -2.30. The van der Waals surface area contributed by atoms with Crippen molar-refractivity contribution in [3.63, 3.8) is 0 Å². The van der Waals surface area contributed by atoms with Crippen molar-refractivity contribution < 1.29 is 19.5 Å². The van der Waals surface area contributed by atoms with E-state index >= 15 is 0 Å². The Morgan fingerprint density at radius 2 is 1.81 bits per heavy atom. The number of carbonyl (C=O) groups excluding carboxylic acids is 2. The highest BCUT2D eigenvalue weighted by Gasteiger charge is 2.35. The van der Waals surface area contributed by atoms with E-state index in [1.165, 1.54) is 11.8 Å². The van der Waals surface area contributed by atoms with Gasteiger partial charge in [-0.15, -0.1) is 0 Å². The fourth-order valence-corrected chi connectivity index (χ4v) is 1.91. The van der Waals surface area contributed by atoms with Crippen LogP contribution < -0.4 is 10.6 Å². The number of hydrogen-bond donors (Lipinski definition) is 3. The summed E-state index contributed by atoms with van der Waals surface area (Å²) >= 11 is 0. The molecule has 1 atom stereocenters. The SMILES string of the molecule is CCCC(C)(NC(=O)N(CC)CC(=O)NC(C)C)C(=O)O. The van der Waals surface area contributed by atoms with Crippen LogP contribution in [-0.2, 0) is 9.59 Å². The molecule has 3 N–H and O–H groups in total. The number of amides is 3. The van der Waals surface area contributed by atoms with Crippen LogP contribution in [0.25, 0.3) is 0 Å². The molecule has 0 aromatic carbocycles. The van der Waals surface area contributed by atoms with Crippen molar-refractivity contribution >= 4 is 17.9 Å². The van der Waals surface area contributed by atoms with Crippen molar-refractivity contribution in [3.05, 3.63) is 0 Å². The van der Waals surface area contributed by atoms with Crippen molar-refractivity contribution in [2.24, 2.45) is 0 Å². The molecule has 7 nitrogen and oxygen atoms in total. The van der Waals surface area contributed by atoms with Gasteiger partial charge >= 0.3 is 12.0 Å². The van der Waals surface area contributed by atoms with Crippen molar-refractivity contribution in [2.45, 2.75) is 59.0 Å². The van der Waals surface area contributed by atoms with Gasteiger partial charge in [0.25, 0.3) is 0 Å². The van der Waals surface area contributed by atoms with Gasteiger partial charge in [0.15, 0.2) is 0 Å². The lowest BCUT2D eigenvalue weighted by atomic mass is 9.96. The zero-order chi connectivity index (χ0) is 16.6. The molecule has 0 heterocycles. The highest BCUT2D eigenvalue weighted by Crippen LogP contribution is 2.13. The highest BCUT2D eigenvalue weighted by molar-refractivity contribution is 5.88. The Hall–Kier alpha value is -1.79. The minimum absolute atomic E-state index is 0.0105. The van der Waals surface area contributed by atoms with E-state index in [1.807, 2.05) is 20.8 Å². The molecule has 0 fully saturated rings. The van der Waals surface area contributed by atoms with Gasteiger partial charge in [0.1, 0.15) is 12.1 Å². The van der Waals surface area contributed by atoms with Crippen molar-refractivity contribution in [1.29, 1.82) is 0 Å². The van der Waals surface area contributed by atoms with Crippen LogP contribution in [0.3, 0.4) is 0 Å². The molecule has 3 amide bonds. The number of carbonyl (C=O) groups is 3. The topological polar surface area (TPSA) is 98.7 Å². The molecule has 1 unspecified atom stereocenters. The van der Waals surface area contributed by atoms with E-state index < -0.39 is 17.5 Å². The van der Waals surface area contributed by atoms with Crippen LogP contribution in [0.15, 0.2) is 0 Å². The van der Waals surface area contributed by atoms with Crippen LogP contribution in [-0.4, -0.2) is 52.6 Å². The first-order valence-electron chi connectivity index (χ1n) is 7.26. The normalized spacial score (nSPS) is 13.4. The summed E-state index contributed by atoms with van der Waals surface area (Å²) in [6.07, 6.45) is 0.951. The summed E-state index contributed by atoms with van der Waals surface area (Å²) in [6.45, 7) is 8.94. The van der Waals surface area contributed by atoms with Gasteiger partial charge in [-0.1, -0.05) is 13.3 Å².